The Balaban J connectivity index is 1.97. The third-order valence-electron chi connectivity index (χ3n) is 3.37. The van der Waals surface area contributed by atoms with Crippen LogP contribution in [0.25, 0.3) is 6.08 Å². The molecule has 1 N–H and O–H groups in total. The van der Waals surface area contributed by atoms with Gasteiger partial charge in [-0.05, 0) is 35.2 Å². The molecule has 134 valence electrons. The molecule has 2 rings (SSSR count). The summed E-state index contributed by atoms with van der Waals surface area (Å²) in [6.07, 6.45) is 1.48. The normalized spacial score (nSPS) is 12.0. The number of carbonyl (C=O) groups excluding carboxylic acids is 1. The molecule has 0 spiro atoms. The number of rotatable bonds is 8. The van der Waals surface area contributed by atoms with Gasteiger partial charge in [-0.25, -0.2) is 8.42 Å². The number of halogens is 1. The van der Waals surface area contributed by atoms with Crippen molar-refractivity contribution in [3.63, 3.8) is 0 Å². The molecule has 0 aliphatic heterocycles. The maximum Gasteiger partial charge on any atom is 0.236 e. The molecule has 0 saturated carbocycles. The lowest BCUT2D eigenvalue weighted by Crippen LogP contribution is -2.39. The Bertz CT molecular complexity index is 816. The minimum atomic E-state index is -3.69. The number of amides is 1. The summed E-state index contributed by atoms with van der Waals surface area (Å²) < 4.78 is 25.9. The summed E-state index contributed by atoms with van der Waals surface area (Å²) in [5, 5.41) is 6.34. The van der Waals surface area contributed by atoms with Crippen LogP contribution in [0.3, 0.4) is 0 Å². The fourth-order valence-electron chi connectivity index (χ4n) is 2.02. The van der Waals surface area contributed by atoms with Crippen LogP contribution in [0.4, 0.5) is 0 Å². The maximum atomic E-state index is 12.4. The number of nitrogens with one attached hydrogen (secondary N) is 1. The highest BCUT2D eigenvalue weighted by Gasteiger charge is 2.20. The van der Waals surface area contributed by atoms with Gasteiger partial charge in [-0.1, -0.05) is 36.7 Å². The van der Waals surface area contributed by atoms with Crippen LogP contribution in [-0.2, 0) is 21.4 Å². The van der Waals surface area contributed by atoms with Crippen molar-refractivity contribution in [1.82, 2.24) is 9.62 Å². The number of nitrogens with zero attached hydrogens (tertiary/aromatic N) is 1. The number of hydrogen-bond donors (Lipinski definition) is 1. The van der Waals surface area contributed by atoms with E-state index in [1.165, 1.54) is 17.4 Å². The topological polar surface area (TPSA) is 66.5 Å². The van der Waals surface area contributed by atoms with Gasteiger partial charge in [0.25, 0.3) is 0 Å². The van der Waals surface area contributed by atoms with Gasteiger partial charge in [-0.3, -0.25) is 4.79 Å². The first-order valence-electron chi connectivity index (χ1n) is 7.63. The van der Waals surface area contributed by atoms with Crippen LogP contribution >= 0.6 is 22.9 Å². The predicted octanol–water partition coefficient (Wildman–Crippen LogP) is 3.34. The monoisotopic (exact) mass is 398 g/mol. The second-order valence-electron chi connectivity index (χ2n) is 5.18. The molecule has 2 aromatic rings. The van der Waals surface area contributed by atoms with Crippen LogP contribution < -0.4 is 5.32 Å². The zero-order valence-corrected chi connectivity index (χ0v) is 16.1. The summed E-state index contributed by atoms with van der Waals surface area (Å²) in [7, 11) is -3.69. The SMILES string of the molecule is CCN(CC(=O)NCc1cccs1)S(=O)(=O)/C=C/c1ccc(Cl)cc1. The van der Waals surface area contributed by atoms with Gasteiger partial charge in [0, 0.05) is 21.9 Å². The average Bonchev–Trinajstić information content (AvgIpc) is 3.11. The smallest absolute Gasteiger partial charge is 0.236 e. The standard InChI is InChI=1S/C17H19ClN2O3S2/c1-2-20(13-17(21)19-12-16-4-3-10-24-16)25(22,23)11-9-14-5-7-15(18)8-6-14/h3-11H,2,12-13H2,1H3,(H,19,21)/b11-9+. The fraction of sp³-hybridized carbons (Fsp3) is 0.235. The molecule has 0 saturated heterocycles. The molecule has 1 aromatic carbocycles. The van der Waals surface area contributed by atoms with Gasteiger partial charge in [0.1, 0.15) is 0 Å². The van der Waals surface area contributed by atoms with E-state index in [2.05, 4.69) is 5.32 Å². The molecule has 0 aliphatic carbocycles. The van der Waals surface area contributed by atoms with Crippen LogP contribution in [0.15, 0.2) is 47.2 Å². The Morgan fingerprint density at radius 1 is 1.28 bits per heavy atom. The van der Waals surface area contributed by atoms with Gasteiger partial charge < -0.3 is 5.32 Å². The minimum absolute atomic E-state index is 0.208. The highest BCUT2D eigenvalue weighted by atomic mass is 35.5. The van der Waals surface area contributed by atoms with Crippen molar-refractivity contribution >= 4 is 44.9 Å². The molecule has 0 atom stereocenters. The Morgan fingerprint density at radius 2 is 2.00 bits per heavy atom. The van der Waals surface area contributed by atoms with Crippen LogP contribution in [0.1, 0.15) is 17.4 Å². The number of benzene rings is 1. The lowest BCUT2D eigenvalue weighted by atomic mass is 10.2. The van der Waals surface area contributed by atoms with E-state index in [0.717, 1.165) is 14.6 Å². The van der Waals surface area contributed by atoms with E-state index >= 15 is 0 Å². The highest BCUT2D eigenvalue weighted by molar-refractivity contribution is 7.92. The van der Waals surface area contributed by atoms with Crippen molar-refractivity contribution in [3.8, 4) is 0 Å². The molecule has 8 heteroatoms. The minimum Gasteiger partial charge on any atom is -0.350 e. The van der Waals surface area contributed by atoms with Crippen molar-refractivity contribution < 1.29 is 13.2 Å². The van der Waals surface area contributed by atoms with E-state index in [4.69, 9.17) is 11.6 Å². The number of hydrogen-bond acceptors (Lipinski definition) is 4. The zero-order chi connectivity index (χ0) is 18.3. The fourth-order valence-corrected chi connectivity index (χ4v) is 3.95. The van der Waals surface area contributed by atoms with E-state index in [-0.39, 0.29) is 19.0 Å². The highest BCUT2D eigenvalue weighted by Crippen LogP contribution is 2.13. The zero-order valence-electron chi connectivity index (χ0n) is 13.7. The molecule has 25 heavy (non-hydrogen) atoms. The molecular formula is C17H19ClN2O3S2. The van der Waals surface area contributed by atoms with Gasteiger partial charge in [-0.15, -0.1) is 11.3 Å². The Morgan fingerprint density at radius 3 is 2.60 bits per heavy atom. The summed E-state index contributed by atoms with van der Waals surface area (Å²) in [4.78, 5) is 13.0. The molecule has 0 bridgehead atoms. The first-order valence-corrected chi connectivity index (χ1v) is 10.4. The van der Waals surface area contributed by atoms with E-state index in [1.54, 1.807) is 31.2 Å². The molecule has 0 fully saturated rings. The molecule has 1 aromatic heterocycles. The molecule has 1 heterocycles. The van der Waals surface area contributed by atoms with Crippen LogP contribution in [0, 0.1) is 0 Å². The third kappa shape index (κ3) is 6.28. The Labute approximate surface area is 157 Å². The van der Waals surface area contributed by atoms with Crippen molar-refractivity contribution in [1.29, 1.82) is 0 Å². The first kappa shape index (κ1) is 19.7. The Hall–Kier alpha value is -1.67. The van der Waals surface area contributed by atoms with Gasteiger partial charge in [-0.2, -0.15) is 4.31 Å². The van der Waals surface area contributed by atoms with Crippen molar-refractivity contribution in [2.75, 3.05) is 13.1 Å². The first-order chi connectivity index (χ1) is 11.9. The largest absolute Gasteiger partial charge is 0.350 e. The molecule has 1 amide bonds. The van der Waals surface area contributed by atoms with Crippen molar-refractivity contribution in [3.05, 3.63) is 62.6 Å². The molecular weight excluding hydrogens is 380 g/mol. The van der Waals surface area contributed by atoms with E-state index < -0.39 is 10.0 Å². The van der Waals surface area contributed by atoms with Crippen LogP contribution in [0.2, 0.25) is 5.02 Å². The summed E-state index contributed by atoms with van der Waals surface area (Å²) in [6.45, 7) is 2.09. The molecule has 0 aliphatic rings. The number of thiophene rings is 1. The third-order valence-corrected chi connectivity index (χ3v) is 6.09. The number of likely N-dealkylation sites (N-methyl/N-ethyl adjacent to an activating group) is 1. The summed E-state index contributed by atoms with van der Waals surface area (Å²) >= 11 is 7.34. The van der Waals surface area contributed by atoms with Gasteiger partial charge in [0.15, 0.2) is 0 Å². The molecule has 0 unspecified atom stereocenters. The van der Waals surface area contributed by atoms with E-state index in [0.29, 0.717) is 17.1 Å². The average molecular weight is 399 g/mol. The molecule has 5 nitrogen and oxygen atoms in total. The number of carbonyl (C=O) groups is 1. The second kappa shape index (κ2) is 9.15. The Kier molecular flexibility index (Phi) is 7.19. The lowest BCUT2D eigenvalue weighted by Gasteiger charge is -2.17. The summed E-state index contributed by atoms with van der Waals surface area (Å²) in [5.41, 5.74) is 0.714. The second-order valence-corrected chi connectivity index (χ2v) is 8.47. The van der Waals surface area contributed by atoms with Gasteiger partial charge in [0.2, 0.25) is 15.9 Å². The summed E-state index contributed by atoms with van der Waals surface area (Å²) in [6, 6.07) is 10.6. The van der Waals surface area contributed by atoms with Crippen molar-refractivity contribution in [2.45, 2.75) is 13.5 Å². The lowest BCUT2D eigenvalue weighted by molar-refractivity contribution is -0.121. The van der Waals surface area contributed by atoms with Crippen LogP contribution in [0.5, 0.6) is 0 Å². The van der Waals surface area contributed by atoms with Crippen LogP contribution in [-0.4, -0.2) is 31.7 Å². The van der Waals surface area contributed by atoms with Gasteiger partial charge in [0.05, 0.1) is 13.1 Å². The maximum absolute atomic E-state index is 12.4. The van der Waals surface area contributed by atoms with Crippen molar-refractivity contribution in [2.24, 2.45) is 0 Å². The molecule has 0 radical (unpaired) electrons. The quantitative estimate of drug-likeness (QED) is 0.741. The number of sulfonamides is 1. The van der Waals surface area contributed by atoms with E-state index in [9.17, 15) is 13.2 Å². The van der Waals surface area contributed by atoms with E-state index in [1.807, 2.05) is 17.5 Å². The predicted molar refractivity (Wildman–Crippen MR) is 103 cm³/mol. The van der Waals surface area contributed by atoms with Gasteiger partial charge >= 0.3 is 0 Å². The summed E-state index contributed by atoms with van der Waals surface area (Å²) in [5.74, 6) is -0.335.